The maximum absolute atomic E-state index is 11.0. The van der Waals surface area contributed by atoms with Crippen LogP contribution in [0.1, 0.15) is 18.9 Å². The number of aliphatic hydroxyl groups excluding tert-OH is 1. The van der Waals surface area contributed by atoms with E-state index in [1.165, 1.54) is 0 Å². The third-order valence-corrected chi connectivity index (χ3v) is 1.74. The van der Waals surface area contributed by atoms with E-state index in [4.69, 9.17) is 5.11 Å². The van der Waals surface area contributed by atoms with Crippen LogP contribution in [0.5, 0.6) is 0 Å². The highest BCUT2D eigenvalue weighted by Crippen LogP contribution is 2.09. The average Bonchev–Trinajstić information content (AvgIpc) is 2.19. The van der Waals surface area contributed by atoms with Crippen LogP contribution in [-0.2, 0) is 11.4 Å². The van der Waals surface area contributed by atoms with Crippen LogP contribution in [0.4, 0.5) is 5.69 Å². The predicted octanol–water partition coefficient (Wildman–Crippen LogP) is 1.53. The van der Waals surface area contributed by atoms with E-state index in [1.807, 2.05) is 0 Å². The van der Waals surface area contributed by atoms with Gasteiger partial charge in [-0.25, -0.2) is 0 Å². The van der Waals surface area contributed by atoms with Crippen molar-refractivity contribution in [2.75, 3.05) is 5.32 Å². The van der Waals surface area contributed by atoms with Crippen molar-refractivity contribution in [3.8, 4) is 0 Å². The summed E-state index contributed by atoms with van der Waals surface area (Å²) >= 11 is 0. The van der Waals surface area contributed by atoms with Gasteiger partial charge in [0.2, 0.25) is 5.91 Å². The smallest absolute Gasteiger partial charge is 0.224 e. The van der Waals surface area contributed by atoms with Gasteiger partial charge in [0.05, 0.1) is 6.61 Å². The molecule has 0 saturated carbocycles. The minimum atomic E-state index is -0.00301. The Hall–Kier alpha value is -1.35. The summed E-state index contributed by atoms with van der Waals surface area (Å²) in [5.74, 6) is -0.00301. The lowest BCUT2D eigenvalue weighted by Crippen LogP contribution is -2.09. The van der Waals surface area contributed by atoms with Gasteiger partial charge in [0, 0.05) is 12.1 Å². The summed E-state index contributed by atoms with van der Waals surface area (Å²) in [4.78, 5) is 11.0. The molecule has 0 heterocycles. The molecule has 13 heavy (non-hydrogen) atoms. The van der Waals surface area contributed by atoms with Gasteiger partial charge in [-0.2, -0.15) is 0 Å². The van der Waals surface area contributed by atoms with Crippen molar-refractivity contribution < 1.29 is 9.90 Å². The summed E-state index contributed by atoms with van der Waals surface area (Å²) in [6, 6.07) is 7.12. The van der Waals surface area contributed by atoms with E-state index in [-0.39, 0.29) is 12.5 Å². The number of rotatable bonds is 3. The number of amides is 1. The number of anilines is 1. The number of nitrogens with one attached hydrogen (secondary N) is 1. The predicted molar refractivity (Wildman–Crippen MR) is 51.3 cm³/mol. The molecule has 0 bridgehead atoms. The van der Waals surface area contributed by atoms with Crippen molar-refractivity contribution in [3.63, 3.8) is 0 Å². The lowest BCUT2D eigenvalue weighted by molar-refractivity contribution is -0.115. The van der Waals surface area contributed by atoms with Crippen LogP contribution in [0, 0.1) is 0 Å². The number of aliphatic hydroxyl groups is 1. The molecule has 1 aromatic carbocycles. The molecule has 0 saturated heterocycles. The Kier molecular flexibility index (Phi) is 3.46. The molecule has 0 aliphatic rings. The lowest BCUT2D eigenvalue weighted by atomic mass is 10.2. The average molecular weight is 179 g/mol. The highest BCUT2D eigenvalue weighted by molar-refractivity contribution is 5.90. The van der Waals surface area contributed by atoms with Crippen LogP contribution in [-0.4, -0.2) is 11.0 Å². The minimum absolute atomic E-state index is 0.00301. The molecule has 0 aliphatic carbocycles. The van der Waals surface area contributed by atoms with E-state index in [9.17, 15) is 4.79 Å². The first-order valence-corrected chi connectivity index (χ1v) is 4.26. The molecule has 3 heteroatoms. The molecule has 0 aromatic heterocycles. The van der Waals surface area contributed by atoms with Crippen LogP contribution in [0.3, 0.4) is 0 Å². The quantitative estimate of drug-likeness (QED) is 0.739. The number of hydrogen-bond donors (Lipinski definition) is 2. The Balaban J connectivity index is 2.64. The monoisotopic (exact) mass is 179 g/mol. The summed E-state index contributed by atoms with van der Waals surface area (Å²) in [6.45, 7) is 1.83. The van der Waals surface area contributed by atoms with Crippen molar-refractivity contribution >= 4 is 11.6 Å². The van der Waals surface area contributed by atoms with Gasteiger partial charge in [-0.05, 0) is 17.7 Å². The third-order valence-electron chi connectivity index (χ3n) is 1.74. The largest absolute Gasteiger partial charge is 0.392 e. The maximum Gasteiger partial charge on any atom is 0.224 e. The molecule has 0 unspecified atom stereocenters. The molecule has 0 fully saturated rings. The number of hydrogen-bond acceptors (Lipinski definition) is 2. The highest BCUT2D eigenvalue weighted by atomic mass is 16.3. The van der Waals surface area contributed by atoms with Gasteiger partial charge in [0.15, 0.2) is 0 Å². The van der Waals surface area contributed by atoms with Crippen molar-refractivity contribution in [1.29, 1.82) is 0 Å². The molecule has 1 amide bonds. The van der Waals surface area contributed by atoms with E-state index in [2.05, 4.69) is 5.32 Å². The SMILES string of the molecule is CCC(=O)Nc1ccc(CO)cc1. The summed E-state index contributed by atoms with van der Waals surface area (Å²) in [6.07, 6.45) is 0.474. The first-order valence-electron chi connectivity index (χ1n) is 4.26. The van der Waals surface area contributed by atoms with Gasteiger partial charge in [0.1, 0.15) is 0 Å². The normalized spacial score (nSPS) is 9.69. The number of carbonyl (C=O) groups excluding carboxylic acids is 1. The molecule has 0 spiro atoms. The Morgan fingerprint density at radius 3 is 2.46 bits per heavy atom. The fourth-order valence-corrected chi connectivity index (χ4v) is 0.943. The molecule has 70 valence electrons. The van der Waals surface area contributed by atoms with Crippen LogP contribution in [0.25, 0.3) is 0 Å². The van der Waals surface area contributed by atoms with Gasteiger partial charge in [-0.3, -0.25) is 4.79 Å². The van der Waals surface area contributed by atoms with E-state index < -0.39 is 0 Å². The second-order valence-electron chi connectivity index (χ2n) is 2.76. The summed E-state index contributed by atoms with van der Waals surface area (Å²) < 4.78 is 0. The zero-order valence-electron chi connectivity index (χ0n) is 7.58. The maximum atomic E-state index is 11.0. The second-order valence-corrected chi connectivity index (χ2v) is 2.76. The van der Waals surface area contributed by atoms with E-state index in [0.717, 1.165) is 11.3 Å². The summed E-state index contributed by atoms with van der Waals surface area (Å²) in [5, 5.41) is 11.5. The topological polar surface area (TPSA) is 49.3 Å². The summed E-state index contributed by atoms with van der Waals surface area (Å²) in [7, 11) is 0. The molecule has 0 atom stereocenters. The van der Waals surface area contributed by atoms with Crippen LogP contribution >= 0.6 is 0 Å². The number of carbonyl (C=O) groups is 1. The summed E-state index contributed by atoms with van der Waals surface area (Å²) in [5.41, 5.74) is 1.61. The van der Waals surface area contributed by atoms with E-state index in [1.54, 1.807) is 31.2 Å². The molecular weight excluding hydrogens is 166 g/mol. The van der Waals surface area contributed by atoms with Crippen LogP contribution in [0.15, 0.2) is 24.3 Å². The first-order chi connectivity index (χ1) is 6.26. The highest BCUT2D eigenvalue weighted by Gasteiger charge is 1.97. The van der Waals surface area contributed by atoms with E-state index >= 15 is 0 Å². The first kappa shape index (κ1) is 9.74. The van der Waals surface area contributed by atoms with Crippen molar-refractivity contribution in [1.82, 2.24) is 0 Å². The molecular formula is C10H13NO2. The standard InChI is InChI=1S/C10H13NO2/c1-2-10(13)11-9-5-3-8(7-12)4-6-9/h3-6,12H,2,7H2,1H3,(H,11,13). The Morgan fingerprint density at radius 1 is 1.38 bits per heavy atom. The van der Waals surface area contributed by atoms with Gasteiger partial charge >= 0.3 is 0 Å². The lowest BCUT2D eigenvalue weighted by Gasteiger charge is -2.03. The Bertz CT molecular complexity index is 279. The Morgan fingerprint density at radius 2 is 2.00 bits per heavy atom. The zero-order valence-corrected chi connectivity index (χ0v) is 7.58. The molecule has 1 rings (SSSR count). The molecule has 2 N–H and O–H groups in total. The van der Waals surface area contributed by atoms with Crippen molar-refractivity contribution in [2.45, 2.75) is 20.0 Å². The van der Waals surface area contributed by atoms with Gasteiger partial charge in [-0.1, -0.05) is 19.1 Å². The molecule has 0 radical (unpaired) electrons. The van der Waals surface area contributed by atoms with Gasteiger partial charge < -0.3 is 10.4 Å². The fraction of sp³-hybridized carbons (Fsp3) is 0.300. The van der Waals surface area contributed by atoms with Crippen LogP contribution in [0.2, 0.25) is 0 Å². The van der Waals surface area contributed by atoms with Crippen molar-refractivity contribution in [3.05, 3.63) is 29.8 Å². The third kappa shape index (κ3) is 2.87. The fourth-order valence-electron chi connectivity index (χ4n) is 0.943. The number of benzene rings is 1. The van der Waals surface area contributed by atoms with Gasteiger partial charge in [-0.15, -0.1) is 0 Å². The molecule has 3 nitrogen and oxygen atoms in total. The van der Waals surface area contributed by atoms with Crippen LogP contribution < -0.4 is 5.32 Å². The minimum Gasteiger partial charge on any atom is -0.392 e. The van der Waals surface area contributed by atoms with Crippen molar-refractivity contribution in [2.24, 2.45) is 0 Å². The van der Waals surface area contributed by atoms with Gasteiger partial charge in [0.25, 0.3) is 0 Å². The second kappa shape index (κ2) is 4.62. The van der Waals surface area contributed by atoms with E-state index in [0.29, 0.717) is 6.42 Å². The zero-order chi connectivity index (χ0) is 9.68. The Labute approximate surface area is 77.4 Å². The molecule has 0 aliphatic heterocycles. The molecule has 1 aromatic rings.